The first-order chi connectivity index (χ1) is 8.90. The van der Waals surface area contributed by atoms with Gasteiger partial charge in [0.1, 0.15) is 0 Å². The first-order valence-corrected chi connectivity index (χ1v) is 8.17. The van der Waals surface area contributed by atoms with Crippen molar-refractivity contribution < 1.29 is 0 Å². The fourth-order valence-corrected chi connectivity index (χ4v) is 3.79. The molecule has 90 valence electrons. The fraction of sp³-hybridized carbons (Fsp3) is 0.133. The molecule has 0 heterocycles. The molecule has 1 unspecified atom stereocenters. The minimum absolute atomic E-state index is 0.143. The second-order valence-corrected chi connectivity index (χ2v) is 6.25. The molecule has 0 aliphatic heterocycles. The normalized spacial score (nSPS) is 11.6. The van der Waals surface area contributed by atoms with Gasteiger partial charge in [-0.25, -0.2) is 0 Å². The van der Waals surface area contributed by atoms with E-state index in [0.717, 1.165) is 5.32 Å². The molecule has 0 aliphatic rings. The maximum atomic E-state index is 4.75. The summed E-state index contributed by atoms with van der Waals surface area (Å²) in [6.45, 7) is 0. The van der Waals surface area contributed by atoms with Gasteiger partial charge in [0.15, 0.2) is 0 Å². The summed E-state index contributed by atoms with van der Waals surface area (Å²) >= 11 is 5.16. The Hall–Kier alpha value is -1.24. The third kappa shape index (κ3) is 3.90. The van der Waals surface area contributed by atoms with Crippen molar-refractivity contribution in [1.29, 1.82) is 0 Å². The molecule has 2 aromatic rings. The van der Waals surface area contributed by atoms with Crippen LogP contribution in [0.3, 0.4) is 0 Å². The quantitative estimate of drug-likeness (QED) is 0.468. The molecular formula is C15H13NSSe. The summed E-state index contributed by atoms with van der Waals surface area (Å²) in [5, 5.41) is 3.54. The van der Waals surface area contributed by atoms with Crippen molar-refractivity contribution >= 4 is 36.8 Å². The maximum absolute atomic E-state index is 4.75. The van der Waals surface area contributed by atoms with E-state index >= 15 is 0 Å². The molecule has 1 atom stereocenters. The monoisotopic (exact) mass is 319 g/mol. The van der Waals surface area contributed by atoms with E-state index in [9.17, 15) is 0 Å². The zero-order valence-corrected chi connectivity index (χ0v) is 12.4. The summed E-state index contributed by atoms with van der Waals surface area (Å²) in [4.78, 5) is 4.29. The van der Waals surface area contributed by atoms with Crippen LogP contribution in [0.5, 0.6) is 0 Å². The average molecular weight is 318 g/mol. The van der Waals surface area contributed by atoms with Crippen LogP contribution >= 0.6 is 12.2 Å². The van der Waals surface area contributed by atoms with Gasteiger partial charge in [0.05, 0.1) is 0 Å². The number of thiocarbonyl (C=S) groups is 1. The van der Waals surface area contributed by atoms with Gasteiger partial charge >= 0.3 is 119 Å². The van der Waals surface area contributed by atoms with E-state index in [2.05, 4.69) is 46.6 Å². The number of nitrogens with zero attached hydrogens (tertiary/aromatic N) is 1. The Bertz CT molecular complexity index is 521. The molecule has 3 heteroatoms. The zero-order valence-electron chi connectivity index (χ0n) is 9.82. The first kappa shape index (κ1) is 13.2. The summed E-state index contributed by atoms with van der Waals surface area (Å²) in [5.74, 6) is 0. The van der Waals surface area contributed by atoms with Gasteiger partial charge in [-0.3, -0.25) is 0 Å². The molecule has 0 saturated heterocycles. The predicted molar refractivity (Wildman–Crippen MR) is 80.8 cm³/mol. The summed E-state index contributed by atoms with van der Waals surface area (Å²) < 4.78 is 1.39. The van der Waals surface area contributed by atoms with E-state index in [1.165, 1.54) is 10.0 Å². The minimum atomic E-state index is 0.143. The Labute approximate surface area is 119 Å². The van der Waals surface area contributed by atoms with E-state index in [0.29, 0.717) is 15.0 Å². The molecular weight excluding hydrogens is 305 g/mol. The van der Waals surface area contributed by atoms with Crippen molar-refractivity contribution in [2.45, 2.75) is 11.4 Å². The molecule has 2 rings (SSSR count). The van der Waals surface area contributed by atoms with Crippen LogP contribution in [-0.4, -0.2) is 20.1 Å². The van der Waals surface area contributed by atoms with Crippen LogP contribution in [0.1, 0.15) is 11.6 Å². The van der Waals surface area contributed by atoms with Crippen LogP contribution in [0.2, 0.25) is 5.32 Å². The Morgan fingerprint density at radius 3 is 2.22 bits per heavy atom. The van der Waals surface area contributed by atoms with Crippen molar-refractivity contribution in [3.8, 4) is 0 Å². The molecule has 0 amide bonds. The molecule has 0 aromatic heterocycles. The molecule has 1 nitrogen and oxygen atoms in total. The molecule has 18 heavy (non-hydrogen) atoms. The van der Waals surface area contributed by atoms with E-state index in [1.807, 2.05) is 24.3 Å². The van der Waals surface area contributed by atoms with E-state index in [4.69, 9.17) is 12.2 Å². The van der Waals surface area contributed by atoms with E-state index < -0.39 is 0 Å². The number of isothiocyanates is 1. The van der Waals surface area contributed by atoms with Crippen molar-refractivity contribution in [1.82, 2.24) is 0 Å². The molecule has 0 radical (unpaired) electrons. The number of rotatable bonds is 5. The average Bonchev–Trinajstić information content (AvgIpc) is 2.45. The van der Waals surface area contributed by atoms with Crippen molar-refractivity contribution in [3.05, 3.63) is 66.2 Å². The summed E-state index contributed by atoms with van der Waals surface area (Å²) in [5.41, 5.74) is 1.22. The van der Waals surface area contributed by atoms with Gasteiger partial charge in [-0.2, -0.15) is 0 Å². The Morgan fingerprint density at radius 1 is 1.00 bits per heavy atom. The Balaban J connectivity index is 2.06. The molecule has 0 N–H and O–H groups in total. The van der Waals surface area contributed by atoms with E-state index in [1.54, 1.807) is 0 Å². The fourth-order valence-electron chi connectivity index (χ4n) is 1.64. The standard InChI is InChI=1S/C15H13NSSe/c17-12-16-15(13-7-3-1-4-8-13)11-18-14-9-5-2-6-10-14/h1-10,15H,11H2. The second kappa shape index (κ2) is 7.25. The molecule has 0 bridgehead atoms. The third-order valence-corrected chi connectivity index (χ3v) is 4.93. The van der Waals surface area contributed by atoms with Crippen LogP contribution in [0.25, 0.3) is 0 Å². The number of benzene rings is 2. The summed E-state index contributed by atoms with van der Waals surface area (Å²) in [6, 6.07) is 21.0. The number of aliphatic imine (C=N–C) groups is 1. The van der Waals surface area contributed by atoms with Crippen LogP contribution in [0.15, 0.2) is 65.7 Å². The van der Waals surface area contributed by atoms with Crippen LogP contribution < -0.4 is 4.46 Å². The van der Waals surface area contributed by atoms with Crippen LogP contribution in [0.4, 0.5) is 0 Å². The first-order valence-electron chi connectivity index (χ1n) is 5.70. The molecule has 0 saturated carbocycles. The Morgan fingerprint density at radius 2 is 1.61 bits per heavy atom. The topological polar surface area (TPSA) is 12.4 Å². The molecule has 0 aliphatic carbocycles. The zero-order chi connectivity index (χ0) is 12.6. The summed E-state index contributed by atoms with van der Waals surface area (Å²) in [7, 11) is 0. The van der Waals surface area contributed by atoms with Gasteiger partial charge in [-0.1, -0.05) is 0 Å². The van der Waals surface area contributed by atoms with Gasteiger partial charge in [-0.15, -0.1) is 0 Å². The molecule has 0 fully saturated rings. The summed E-state index contributed by atoms with van der Waals surface area (Å²) in [6.07, 6.45) is 0. The number of hydrogen-bond acceptors (Lipinski definition) is 2. The van der Waals surface area contributed by atoms with Crippen molar-refractivity contribution in [3.63, 3.8) is 0 Å². The van der Waals surface area contributed by atoms with Gasteiger partial charge < -0.3 is 0 Å². The van der Waals surface area contributed by atoms with Gasteiger partial charge in [0.2, 0.25) is 0 Å². The van der Waals surface area contributed by atoms with Crippen LogP contribution in [-0.2, 0) is 0 Å². The van der Waals surface area contributed by atoms with Gasteiger partial charge in [0.25, 0.3) is 0 Å². The van der Waals surface area contributed by atoms with Crippen molar-refractivity contribution in [2.75, 3.05) is 0 Å². The van der Waals surface area contributed by atoms with Crippen LogP contribution in [0, 0.1) is 0 Å². The molecule has 2 aromatic carbocycles. The SMILES string of the molecule is S=C=NC(C[Se]c1ccccc1)c1ccccc1. The number of hydrogen-bond donors (Lipinski definition) is 0. The van der Waals surface area contributed by atoms with Crippen molar-refractivity contribution in [2.24, 2.45) is 4.99 Å². The molecule has 0 spiro atoms. The second-order valence-electron chi connectivity index (χ2n) is 3.77. The predicted octanol–water partition coefficient (Wildman–Crippen LogP) is 3.28. The third-order valence-electron chi connectivity index (χ3n) is 2.54. The van der Waals surface area contributed by atoms with Gasteiger partial charge in [0, 0.05) is 0 Å². The van der Waals surface area contributed by atoms with E-state index in [-0.39, 0.29) is 6.04 Å². The Kier molecular flexibility index (Phi) is 5.32. The van der Waals surface area contributed by atoms with Gasteiger partial charge in [-0.05, 0) is 0 Å².